The molecule has 0 N–H and O–H groups in total. The van der Waals surface area contributed by atoms with E-state index in [0.717, 1.165) is 12.8 Å². The van der Waals surface area contributed by atoms with E-state index < -0.39 is 0 Å². The summed E-state index contributed by atoms with van der Waals surface area (Å²) in [6.45, 7) is 3.72. The molecule has 74 valence electrons. The fourth-order valence-corrected chi connectivity index (χ4v) is 2.17. The smallest absolute Gasteiger partial charge is 0.132 e. The quantitative estimate of drug-likeness (QED) is 0.712. The van der Waals surface area contributed by atoms with Crippen LogP contribution < -0.4 is 0 Å². The molecule has 0 aliphatic heterocycles. The molecule has 0 saturated heterocycles. The highest BCUT2D eigenvalue weighted by atomic mass is 16.1. The SMILES string of the molecule is CC(=O)C(C)CC1Cc2ccccc21. The van der Waals surface area contributed by atoms with Gasteiger partial charge in [-0.15, -0.1) is 0 Å². The molecule has 0 bridgehead atoms. The average molecular weight is 188 g/mol. The predicted molar refractivity (Wildman–Crippen MR) is 57.3 cm³/mol. The van der Waals surface area contributed by atoms with Crippen LogP contribution in [0.25, 0.3) is 0 Å². The second kappa shape index (κ2) is 3.56. The lowest BCUT2D eigenvalue weighted by molar-refractivity contribution is -0.120. The van der Waals surface area contributed by atoms with Crippen LogP contribution in [-0.4, -0.2) is 5.78 Å². The van der Waals surface area contributed by atoms with Gasteiger partial charge in [-0.3, -0.25) is 4.79 Å². The number of carbonyl (C=O) groups is 1. The van der Waals surface area contributed by atoms with Crippen molar-refractivity contribution < 1.29 is 4.79 Å². The molecule has 1 aromatic rings. The van der Waals surface area contributed by atoms with Crippen LogP contribution >= 0.6 is 0 Å². The average Bonchev–Trinajstić information content (AvgIpc) is 2.13. The summed E-state index contributed by atoms with van der Waals surface area (Å²) in [6.07, 6.45) is 2.18. The Morgan fingerprint density at radius 3 is 2.86 bits per heavy atom. The predicted octanol–water partition coefficient (Wildman–Crippen LogP) is 2.94. The van der Waals surface area contributed by atoms with Gasteiger partial charge in [0, 0.05) is 5.92 Å². The third kappa shape index (κ3) is 1.59. The Hall–Kier alpha value is -1.11. The lowest BCUT2D eigenvalue weighted by Gasteiger charge is -2.31. The first-order valence-corrected chi connectivity index (χ1v) is 5.26. The molecule has 0 amide bonds. The van der Waals surface area contributed by atoms with E-state index in [9.17, 15) is 4.79 Å². The number of carbonyl (C=O) groups excluding carboxylic acids is 1. The molecule has 1 aliphatic carbocycles. The minimum Gasteiger partial charge on any atom is -0.300 e. The summed E-state index contributed by atoms with van der Waals surface area (Å²) in [6, 6.07) is 8.55. The fourth-order valence-electron chi connectivity index (χ4n) is 2.17. The number of benzene rings is 1. The Kier molecular flexibility index (Phi) is 2.40. The third-order valence-corrected chi connectivity index (χ3v) is 3.29. The number of Topliss-reactive ketones (excluding diaryl/α,β-unsaturated/α-hetero) is 1. The van der Waals surface area contributed by atoms with Gasteiger partial charge in [-0.25, -0.2) is 0 Å². The maximum atomic E-state index is 11.1. The van der Waals surface area contributed by atoms with Crippen LogP contribution in [0.15, 0.2) is 24.3 Å². The van der Waals surface area contributed by atoms with Crippen LogP contribution in [0.4, 0.5) is 0 Å². The van der Waals surface area contributed by atoms with Gasteiger partial charge in [0.25, 0.3) is 0 Å². The summed E-state index contributed by atoms with van der Waals surface area (Å²) in [7, 11) is 0. The van der Waals surface area contributed by atoms with Crippen molar-refractivity contribution in [2.24, 2.45) is 5.92 Å². The second-order valence-electron chi connectivity index (χ2n) is 4.35. The van der Waals surface area contributed by atoms with E-state index >= 15 is 0 Å². The van der Waals surface area contributed by atoms with Gasteiger partial charge >= 0.3 is 0 Å². The van der Waals surface area contributed by atoms with Crippen LogP contribution in [0.1, 0.15) is 37.3 Å². The first-order chi connectivity index (χ1) is 6.68. The van der Waals surface area contributed by atoms with Crippen LogP contribution in [0.2, 0.25) is 0 Å². The maximum Gasteiger partial charge on any atom is 0.132 e. The Morgan fingerprint density at radius 2 is 2.21 bits per heavy atom. The minimum atomic E-state index is 0.216. The number of hydrogen-bond donors (Lipinski definition) is 0. The minimum absolute atomic E-state index is 0.216. The van der Waals surface area contributed by atoms with Gasteiger partial charge < -0.3 is 0 Å². The Morgan fingerprint density at radius 1 is 1.50 bits per heavy atom. The largest absolute Gasteiger partial charge is 0.300 e. The van der Waals surface area contributed by atoms with Gasteiger partial charge in [-0.05, 0) is 36.8 Å². The van der Waals surface area contributed by atoms with Crippen molar-refractivity contribution in [3.05, 3.63) is 35.4 Å². The summed E-state index contributed by atoms with van der Waals surface area (Å²) >= 11 is 0. The van der Waals surface area contributed by atoms with Gasteiger partial charge in [0.05, 0.1) is 0 Å². The zero-order chi connectivity index (χ0) is 10.1. The molecule has 0 spiro atoms. The standard InChI is InChI=1S/C13H16O/c1-9(10(2)14)7-12-8-11-5-3-4-6-13(11)12/h3-6,9,12H,7-8H2,1-2H3. The number of ketones is 1. The van der Waals surface area contributed by atoms with Gasteiger partial charge in [0.2, 0.25) is 0 Å². The molecular formula is C13H16O. The zero-order valence-electron chi connectivity index (χ0n) is 8.79. The second-order valence-corrected chi connectivity index (χ2v) is 4.35. The summed E-state index contributed by atoms with van der Waals surface area (Å²) in [5.74, 6) is 1.16. The van der Waals surface area contributed by atoms with Crippen molar-refractivity contribution in [2.45, 2.75) is 32.6 Å². The summed E-state index contributed by atoms with van der Waals surface area (Å²) in [5, 5.41) is 0. The Bertz CT molecular complexity index is 354. The number of hydrogen-bond acceptors (Lipinski definition) is 1. The molecule has 0 heterocycles. The molecule has 1 aromatic carbocycles. The summed E-state index contributed by atoms with van der Waals surface area (Å²) in [4.78, 5) is 11.1. The zero-order valence-corrected chi connectivity index (χ0v) is 8.79. The lowest BCUT2D eigenvalue weighted by atomic mass is 9.73. The van der Waals surface area contributed by atoms with Crippen molar-refractivity contribution >= 4 is 5.78 Å². The molecule has 0 saturated carbocycles. The maximum absolute atomic E-state index is 11.1. The van der Waals surface area contributed by atoms with E-state index in [1.165, 1.54) is 11.1 Å². The van der Waals surface area contributed by atoms with Crippen molar-refractivity contribution in [1.82, 2.24) is 0 Å². The lowest BCUT2D eigenvalue weighted by Crippen LogP contribution is -2.21. The van der Waals surface area contributed by atoms with Crippen molar-refractivity contribution in [3.8, 4) is 0 Å². The number of fused-ring (bicyclic) bond motifs is 1. The van der Waals surface area contributed by atoms with Crippen LogP contribution in [-0.2, 0) is 11.2 Å². The molecule has 1 aliphatic rings. The van der Waals surface area contributed by atoms with E-state index in [2.05, 4.69) is 24.3 Å². The van der Waals surface area contributed by atoms with E-state index in [-0.39, 0.29) is 5.92 Å². The molecule has 0 radical (unpaired) electrons. The Labute approximate surface area is 85.1 Å². The fraction of sp³-hybridized carbons (Fsp3) is 0.462. The summed E-state index contributed by atoms with van der Waals surface area (Å²) < 4.78 is 0. The molecule has 2 rings (SSSR count). The monoisotopic (exact) mass is 188 g/mol. The molecule has 0 fully saturated rings. The molecule has 1 heteroatoms. The Balaban J connectivity index is 2.02. The highest BCUT2D eigenvalue weighted by Gasteiger charge is 2.27. The van der Waals surface area contributed by atoms with E-state index in [1.807, 2.05) is 6.92 Å². The van der Waals surface area contributed by atoms with Crippen LogP contribution in [0.5, 0.6) is 0 Å². The van der Waals surface area contributed by atoms with E-state index in [0.29, 0.717) is 11.7 Å². The summed E-state index contributed by atoms with van der Waals surface area (Å²) in [5.41, 5.74) is 2.92. The first-order valence-electron chi connectivity index (χ1n) is 5.26. The van der Waals surface area contributed by atoms with Crippen molar-refractivity contribution in [1.29, 1.82) is 0 Å². The van der Waals surface area contributed by atoms with Crippen LogP contribution in [0.3, 0.4) is 0 Å². The molecule has 0 aromatic heterocycles. The highest BCUT2D eigenvalue weighted by molar-refractivity contribution is 5.78. The van der Waals surface area contributed by atoms with Gasteiger partial charge in [0.15, 0.2) is 0 Å². The molecular weight excluding hydrogens is 172 g/mol. The third-order valence-electron chi connectivity index (χ3n) is 3.29. The van der Waals surface area contributed by atoms with E-state index in [1.54, 1.807) is 6.92 Å². The van der Waals surface area contributed by atoms with Gasteiger partial charge in [-0.2, -0.15) is 0 Å². The van der Waals surface area contributed by atoms with Gasteiger partial charge in [0.1, 0.15) is 5.78 Å². The molecule has 2 unspecified atom stereocenters. The number of rotatable bonds is 3. The molecule has 14 heavy (non-hydrogen) atoms. The van der Waals surface area contributed by atoms with Gasteiger partial charge in [-0.1, -0.05) is 31.2 Å². The normalized spacial score (nSPS) is 20.9. The highest BCUT2D eigenvalue weighted by Crippen LogP contribution is 2.39. The first kappa shape index (κ1) is 9.45. The van der Waals surface area contributed by atoms with E-state index in [4.69, 9.17) is 0 Å². The topological polar surface area (TPSA) is 17.1 Å². The van der Waals surface area contributed by atoms with Crippen molar-refractivity contribution in [2.75, 3.05) is 0 Å². The van der Waals surface area contributed by atoms with Crippen molar-refractivity contribution in [3.63, 3.8) is 0 Å². The molecule has 2 atom stereocenters. The van der Waals surface area contributed by atoms with Crippen LogP contribution in [0, 0.1) is 5.92 Å². The molecule has 1 nitrogen and oxygen atoms in total.